The lowest BCUT2D eigenvalue weighted by atomic mass is 10.2. The molecule has 0 saturated carbocycles. The van der Waals surface area contributed by atoms with E-state index in [0.717, 1.165) is 0 Å². The summed E-state index contributed by atoms with van der Waals surface area (Å²) in [4.78, 5) is 21.9. The highest BCUT2D eigenvalue weighted by molar-refractivity contribution is 6.31. The molecule has 1 amide bonds. The minimum atomic E-state index is -1.64. The Morgan fingerprint density at radius 1 is 1.53 bits per heavy atom. The second-order valence-corrected chi connectivity index (χ2v) is 3.59. The molecule has 1 atom stereocenters. The molecule has 0 aromatic heterocycles. The fourth-order valence-electron chi connectivity index (χ4n) is 1.10. The number of benzene rings is 1. The summed E-state index contributed by atoms with van der Waals surface area (Å²) in [6.45, 7) is 0. The highest BCUT2D eigenvalue weighted by Crippen LogP contribution is 2.27. The minimum absolute atomic E-state index is 0.265. The van der Waals surface area contributed by atoms with Crippen LogP contribution < -0.4 is 15.8 Å². The van der Waals surface area contributed by atoms with E-state index in [2.05, 4.69) is 5.32 Å². The maximum atomic E-state index is 11.4. The molecule has 0 saturated heterocycles. The van der Waals surface area contributed by atoms with Gasteiger partial charge in [0.05, 0.1) is 12.8 Å². The van der Waals surface area contributed by atoms with Gasteiger partial charge in [0, 0.05) is 5.02 Å². The molecule has 1 aromatic rings. The van der Waals surface area contributed by atoms with E-state index in [1.807, 2.05) is 0 Å². The number of nitrogens with one attached hydrogen (secondary N) is 1. The lowest BCUT2D eigenvalue weighted by Gasteiger charge is -2.12. The van der Waals surface area contributed by atoms with Crippen molar-refractivity contribution >= 4 is 29.2 Å². The molecule has 0 aliphatic rings. The van der Waals surface area contributed by atoms with E-state index in [0.29, 0.717) is 10.8 Å². The van der Waals surface area contributed by atoms with Gasteiger partial charge in [-0.25, -0.2) is 4.79 Å². The largest absolute Gasteiger partial charge is 0.495 e. The summed E-state index contributed by atoms with van der Waals surface area (Å²) in [6.07, 6.45) is 0. The Kier molecular flexibility index (Phi) is 4.30. The summed E-state index contributed by atoms with van der Waals surface area (Å²) in [7, 11) is 1.41. The molecule has 1 unspecified atom stereocenters. The van der Waals surface area contributed by atoms with Gasteiger partial charge in [-0.05, 0) is 18.2 Å². The molecule has 0 heterocycles. The van der Waals surface area contributed by atoms with E-state index in [-0.39, 0.29) is 5.69 Å². The molecular formula is C10H11ClN2O4. The molecule has 0 spiro atoms. The van der Waals surface area contributed by atoms with Gasteiger partial charge in [-0.1, -0.05) is 11.6 Å². The van der Waals surface area contributed by atoms with Crippen LogP contribution in [0.5, 0.6) is 5.75 Å². The molecule has 92 valence electrons. The van der Waals surface area contributed by atoms with Gasteiger partial charge in [0.1, 0.15) is 5.75 Å². The number of nitrogens with two attached hydrogens (primary N) is 1. The van der Waals surface area contributed by atoms with Crippen LogP contribution in [0.3, 0.4) is 0 Å². The number of carboxylic acids is 1. The molecule has 0 bridgehead atoms. The van der Waals surface area contributed by atoms with Gasteiger partial charge in [0.25, 0.3) is 5.91 Å². The van der Waals surface area contributed by atoms with Gasteiger partial charge < -0.3 is 20.9 Å². The molecule has 17 heavy (non-hydrogen) atoms. The highest BCUT2D eigenvalue weighted by atomic mass is 35.5. The van der Waals surface area contributed by atoms with E-state index >= 15 is 0 Å². The minimum Gasteiger partial charge on any atom is -0.495 e. The quantitative estimate of drug-likeness (QED) is 0.690. The first-order valence-corrected chi connectivity index (χ1v) is 4.96. The second-order valence-electron chi connectivity index (χ2n) is 3.15. The zero-order chi connectivity index (χ0) is 13.0. The van der Waals surface area contributed by atoms with Gasteiger partial charge in [0.2, 0.25) is 0 Å². The van der Waals surface area contributed by atoms with Crippen LogP contribution in [0.4, 0.5) is 5.69 Å². The number of rotatable bonds is 4. The van der Waals surface area contributed by atoms with Crippen LogP contribution in [-0.4, -0.2) is 30.1 Å². The van der Waals surface area contributed by atoms with Crippen molar-refractivity contribution in [2.75, 3.05) is 12.4 Å². The van der Waals surface area contributed by atoms with Crippen LogP contribution in [0, 0.1) is 0 Å². The van der Waals surface area contributed by atoms with Crippen LogP contribution in [0.15, 0.2) is 18.2 Å². The molecule has 1 rings (SSSR count). The SMILES string of the molecule is COc1ccc(Cl)cc1NC(=O)C(N)C(=O)O. The third-order valence-corrected chi connectivity index (χ3v) is 2.20. The summed E-state index contributed by atoms with van der Waals surface area (Å²) in [5, 5.41) is 11.3. The van der Waals surface area contributed by atoms with Gasteiger partial charge in [-0.15, -0.1) is 0 Å². The molecule has 0 aliphatic heterocycles. The normalized spacial score (nSPS) is 11.7. The lowest BCUT2D eigenvalue weighted by Crippen LogP contribution is -2.42. The smallest absolute Gasteiger partial charge is 0.330 e. The Morgan fingerprint density at radius 2 is 2.18 bits per heavy atom. The number of carbonyl (C=O) groups is 2. The van der Waals surface area contributed by atoms with E-state index in [1.165, 1.54) is 13.2 Å². The van der Waals surface area contributed by atoms with Crippen LogP contribution in [-0.2, 0) is 9.59 Å². The van der Waals surface area contributed by atoms with E-state index in [1.54, 1.807) is 12.1 Å². The molecule has 0 aliphatic carbocycles. The fourth-order valence-corrected chi connectivity index (χ4v) is 1.27. The molecule has 6 nitrogen and oxygen atoms in total. The maximum absolute atomic E-state index is 11.4. The Balaban J connectivity index is 2.91. The van der Waals surface area contributed by atoms with Crippen LogP contribution in [0.1, 0.15) is 0 Å². The highest BCUT2D eigenvalue weighted by Gasteiger charge is 2.22. The third-order valence-electron chi connectivity index (χ3n) is 1.97. The van der Waals surface area contributed by atoms with Crippen molar-refractivity contribution in [2.45, 2.75) is 6.04 Å². The average Bonchev–Trinajstić information content (AvgIpc) is 2.28. The average molecular weight is 259 g/mol. The molecule has 4 N–H and O–H groups in total. The number of carbonyl (C=O) groups excluding carboxylic acids is 1. The lowest BCUT2D eigenvalue weighted by molar-refractivity contribution is -0.141. The number of methoxy groups -OCH3 is 1. The number of anilines is 1. The zero-order valence-electron chi connectivity index (χ0n) is 8.94. The van der Waals surface area contributed by atoms with Gasteiger partial charge >= 0.3 is 5.97 Å². The van der Waals surface area contributed by atoms with Crippen molar-refractivity contribution in [1.29, 1.82) is 0 Å². The predicted molar refractivity (Wildman–Crippen MR) is 62.2 cm³/mol. The van der Waals surface area contributed by atoms with Crippen LogP contribution in [0.2, 0.25) is 5.02 Å². The second kappa shape index (κ2) is 5.51. The molecule has 0 fully saturated rings. The number of halogens is 1. The number of aliphatic carboxylic acids is 1. The fraction of sp³-hybridized carbons (Fsp3) is 0.200. The summed E-state index contributed by atoms with van der Waals surface area (Å²) in [5.41, 5.74) is 5.42. The first-order chi connectivity index (χ1) is 7.95. The third kappa shape index (κ3) is 3.33. The number of carboxylic acid groups (broad SMARTS) is 1. The molecule has 7 heteroatoms. The number of hydrogen-bond donors (Lipinski definition) is 3. The van der Waals surface area contributed by atoms with Gasteiger partial charge in [-0.3, -0.25) is 4.79 Å². The first-order valence-electron chi connectivity index (χ1n) is 4.58. The maximum Gasteiger partial charge on any atom is 0.330 e. The summed E-state index contributed by atoms with van der Waals surface area (Å²) < 4.78 is 4.98. The van der Waals surface area contributed by atoms with Crippen LogP contribution in [0.25, 0.3) is 0 Å². The number of ether oxygens (including phenoxy) is 1. The molecule has 0 radical (unpaired) electrons. The van der Waals surface area contributed by atoms with Crippen molar-refractivity contribution in [3.8, 4) is 5.75 Å². The van der Waals surface area contributed by atoms with E-state index < -0.39 is 17.9 Å². The Labute approximate surface area is 102 Å². The zero-order valence-corrected chi connectivity index (χ0v) is 9.69. The summed E-state index contributed by atoms with van der Waals surface area (Å²) in [5.74, 6) is -1.90. The predicted octanol–water partition coefficient (Wildman–Crippen LogP) is 0.699. The molecule has 1 aromatic carbocycles. The number of hydrogen-bond acceptors (Lipinski definition) is 4. The summed E-state index contributed by atoms with van der Waals surface area (Å²) in [6, 6.07) is 2.92. The van der Waals surface area contributed by atoms with Crippen molar-refractivity contribution in [3.05, 3.63) is 23.2 Å². The van der Waals surface area contributed by atoms with Crippen molar-refractivity contribution in [2.24, 2.45) is 5.73 Å². The number of amides is 1. The van der Waals surface area contributed by atoms with Gasteiger partial charge in [-0.2, -0.15) is 0 Å². The van der Waals surface area contributed by atoms with Crippen molar-refractivity contribution in [1.82, 2.24) is 0 Å². The van der Waals surface area contributed by atoms with E-state index in [9.17, 15) is 9.59 Å². The van der Waals surface area contributed by atoms with Crippen LogP contribution >= 0.6 is 11.6 Å². The molecular weight excluding hydrogens is 248 g/mol. The van der Waals surface area contributed by atoms with E-state index in [4.69, 9.17) is 27.2 Å². The monoisotopic (exact) mass is 258 g/mol. The standard InChI is InChI=1S/C10H11ClN2O4/c1-17-7-3-2-5(11)4-6(7)13-9(14)8(12)10(15)16/h2-4,8H,12H2,1H3,(H,13,14)(H,15,16). The first kappa shape index (κ1) is 13.3. The Hall–Kier alpha value is -1.79. The topological polar surface area (TPSA) is 102 Å². The van der Waals surface area contributed by atoms with Gasteiger partial charge in [0.15, 0.2) is 6.04 Å². The Morgan fingerprint density at radius 3 is 2.71 bits per heavy atom. The van der Waals surface area contributed by atoms with Crippen molar-refractivity contribution in [3.63, 3.8) is 0 Å². The van der Waals surface area contributed by atoms with Crippen molar-refractivity contribution < 1.29 is 19.4 Å². The summed E-state index contributed by atoms with van der Waals surface area (Å²) >= 11 is 5.74. The Bertz CT molecular complexity index is 450.